The van der Waals surface area contributed by atoms with Gasteiger partial charge < -0.3 is 4.42 Å². The number of alkyl halides is 1. The Hall–Kier alpha value is -2.41. The smallest absolute Gasteiger partial charge is 0.239 e. The van der Waals surface area contributed by atoms with E-state index in [0.29, 0.717) is 5.56 Å². The molecule has 0 fully saturated rings. The molecule has 1 atom stereocenters. The van der Waals surface area contributed by atoms with Gasteiger partial charge in [-0.3, -0.25) is 4.79 Å². The summed E-state index contributed by atoms with van der Waals surface area (Å²) in [7, 11) is 0. The van der Waals surface area contributed by atoms with Crippen molar-refractivity contribution >= 4 is 5.78 Å². The van der Waals surface area contributed by atoms with Crippen LogP contribution in [0.15, 0.2) is 47.1 Å². The molecule has 0 aliphatic rings. The molecule has 1 unspecified atom stereocenters. The Labute approximate surface area is 103 Å². The van der Waals surface area contributed by atoms with Crippen LogP contribution in [0.3, 0.4) is 0 Å². The van der Waals surface area contributed by atoms with Gasteiger partial charge in [-0.05, 0) is 36.8 Å². The van der Waals surface area contributed by atoms with Crippen molar-refractivity contribution in [3.8, 4) is 6.07 Å². The molecule has 2 rings (SSSR count). The summed E-state index contributed by atoms with van der Waals surface area (Å²) in [4.78, 5) is 11.9. The SMILES string of the molecule is CC(F)(C(=O)c1ccco1)c1ccc(C#N)cc1. The summed E-state index contributed by atoms with van der Waals surface area (Å²) in [5.41, 5.74) is -1.56. The first-order valence-electron chi connectivity index (χ1n) is 5.33. The zero-order valence-electron chi connectivity index (χ0n) is 9.68. The van der Waals surface area contributed by atoms with Gasteiger partial charge in [-0.2, -0.15) is 5.26 Å². The first-order valence-corrected chi connectivity index (χ1v) is 5.33. The first kappa shape index (κ1) is 12.1. The fraction of sp³-hybridized carbons (Fsp3) is 0.143. The second-order valence-electron chi connectivity index (χ2n) is 4.00. The zero-order chi connectivity index (χ0) is 13.2. The Bertz CT molecular complexity index is 592. The third-order valence-electron chi connectivity index (χ3n) is 2.73. The standard InChI is InChI=1S/C14H10FNO2/c1-14(15,13(17)12-3-2-8-18-12)11-6-4-10(9-16)5-7-11/h2-8H,1H3. The van der Waals surface area contributed by atoms with Gasteiger partial charge in [-0.1, -0.05) is 12.1 Å². The van der Waals surface area contributed by atoms with Gasteiger partial charge in [0.2, 0.25) is 5.78 Å². The van der Waals surface area contributed by atoms with Gasteiger partial charge in [0.15, 0.2) is 11.4 Å². The lowest BCUT2D eigenvalue weighted by Crippen LogP contribution is -2.27. The Morgan fingerprint density at radius 3 is 2.50 bits per heavy atom. The Morgan fingerprint density at radius 1 is 1.33 bits per heavy atom. The number of benzene rings is 1. The molecular formula is C14H10FNO2. The number of nitriles is 1. The molecule has 0 N–H and O–H groups in total. The highest BCUT2D eigenvalue weighted by atomic mass is 19.1. The summed E-state index contributed by atoms with van der Waals surface area (Å²) < 4.78 is 19.4. The van der Waals surface area contributed by atoms with E-state index in [-0.39, 0.29) is 11.3 Å². The molecule has 0 radical (unpaired) electrons. The average molecular weight is 243 g/mol. The number of furan rings is 1. The quantitative estimate of drug-likeness (QED) is 0.778. The Balaban J connectivity index is 2.35. The monoisotopic (exact) mass is 243 g/mol. The van der Waals surface area contributed by atoms with Crippen molar-refractivity contribution in [2.75, 3.05) is 0 Å². The maximum absolute atomic E-state index is 14.5. The third kappa shape index (κ3) is 2.03. The number of carbonyl (C=O) groups is 1. The number of halogens is 1. The van der Waals surface area contributed by atoms with Gasteiger partial charge in [0, 0.05) is 0 Å². The van der Waals surface area contributed by atoms with Crippen molar-refractivity contribution in [1.82, 2.24) is 0 Å². The van der Waals surface area contributed by atoms with Gasteiger partial charge in [0.1, 0.15) is 0 Å². The van der Waals surface area contributed by atoms with Crippen molar-refractivity contribution in [3.63, 3.8) is 0 Å². The van der Waals surface area contributed by atoms with Crippen LogP contribution in [0.5, 0.6) is 0 Å². The summed E-state index contributed by atoms with van der Waals surface area (Å²) in [6, 6.07) is 10.7. The van der Waals surface area contributed by atoms with Crippen molar-refractivity contribution < 1.29 is 13.6 Å². The highest BCUT2D eigenvalue weighted by Crippen LogP contribution is 2.30. The van der Waals surface area contributed by atoms with Gasteiger partial charge in [-0.15, -0.1) is 0 Å². The minimum atomic E-state index is -2.17. The highest BCUT2D eigenvalue weighted by molar-refractivity contribution is 6.00. The second-order valence-corrected chi connectivity index (χ2v) is 4.00. The number of carbonyl (C=O) groups excluding carboxylic acids is 1. The van der Waals surface area contributed by atoms with E-state index in [1.54, 1.807) is 0 Å². The van der Waals surface area contributed by atoms with Gasteiger partial charge in [0.25, 0.3) is 0 Å². The van der Waals surface area contributed by atoms with E-state index >= 15 is 0 Å². The van der Waals surface area contributed by atoms with E-state index in [2.05, 4.69) is 0 Å². The minimum absolute atomic E-state index is 0.0237. The van der Waals surface area contributed by atoms with Gasteiger partial charge in [-0.25, -0.2) is 4.39 Å². The fourth-order valence-electron chi connectivity index (χ4n) is 1.63. The van der Waals surface area contributed by atoms with E-state index in [1.807, 2.05) is 6.07 Å². The molecule has 0 saturated heterocycles. The van der Waals surface area contributed by atoms with Crippen LogP contribution in [-0.4, -0.2) is 5.78 Å². The number of rotatable bonds is 3. The summed E-state index contributed by atoms with van der Waals surface area (Å²) in [6.45, 7) is 1.18. The molecule has 1 aromatic carbocycles. The first-order chi connectivity index (χ1) is 8.55. The van der Waals surface area contributed by atoms with Crippen molar-refractivity contribution in [1.29, 1.82) is 5.26 Å². The van der Waals surface area contributed by atoms with Crippen LogP contribution < -0.4 is 0 Å². The third-order valence-corrected chi connectivity index (χ3v) is 2.73. The molecule has 3 nitrogen and oxygen atoms in total. The van der Waals surface area contributed by atoms with E-state index in [9.17, 15) is 9.18 Å². The maximum atomic E-state index is 14.5. The maximum Gasteiger partial charge on any atom is 0.239 e. The van der Waals surface area contributed by atoms with Gasteiger partial charge in [0.05, 0.1) is 17.9 Å². The molecule has 1 aromatic heterocycles. The number of nitrogens with zero attached hydrogens (tertiary/aromatic N) is 1. The summed E-state index contributed by atoms with van der Waals surface area (Å²) in [5, 5.41) is 8.67. The topological polar surface area (TPSA) is 54.0 Å². The lowest BCUT2D eigenvalue weighted by molar-refractivity contribution is 0.0689. The van der Waals surface area contributed by atoms with E-state index in [0.717, 1.165) is 0 Å². The summed E-state index contributed by atoms with van der Waals surface area (Å²) in [5.74, 6) is -0.762. The number of hydrogen-bond donors (Lipinski definition) is 0. The summed E-state index contributed by atoms with van der Waals surface area (Å²) >= 11 is 0. The number of Topliss-reactive ketones (excluding diaryl/α,β-unsaturated/α-hetero) is 1. The van der Waals surface area contributed by atoms with Crippen LogP contribution >= 0.6 is 0 Å². The van der Waals surface area contributed by atoms with Crippen LogP contribution in [0.25, 0.3) is 0 Å². The van der Waals surface area contributed by atoms with Crippen molar-refractivity contribution in [2.45, 2.75) is 12.6 Å². The largest absolute Gasteiger partial charge is 0.461 e. The molecule has 0 amide bonds. The molecule has 0 spiro atoms. The van der Waals surface area contributed by atoms with Crippen molar-refractivity contribution in [2.24, 2.45) is 0 Å². The lowest BCUT2D eigenvalue weighted by atomic mass is 9.91. The predicted molar refractivity (Wildman–Crippen MR) is 62.7 cm³/mol. The molecule has 0 saturated carbocycles. The molecule has 90 valence electrons. The Morgan fingerprint density at radius 2 is 2.00 bits per heavy atom. The molecule has 0 bridgehead atoms. The normalized spacial score (nSPS) is 13.6. The van der Waals surface area contributed by atoms with E-state index in [4.69, 9.17) is 9.68 Å². The number of hydrogen-bond acceptors (Lipinski definition) is 3. The van der Waals surface area contributed by atoms with Crippen LogP contribution in [-0.2, 0) is 5.67 Å². The van der Waals surface area contributed by atoms with Crippen LogP contribution in [0.1, 0.15) is 28.6 Å². The van der Waals surface area contributed by atoms with Crippen LogP contribution in [0.2, 0.25) is 0 Å². The molecule has 2 aromatic rings. The number of ketones is 1. The van der Waals surface area contributed by atoms with E-state index in [1.165, 1.54) is 49.6 Å². The van der Waals surface area contributed by atoms with Crippen LogP contribution in [0.4, 0.5) is 4.39 Å². The molecule has 18 heavy (non-hydrogen) atoms. The van der Waals surface area contributed by atoms with E-state index < -0.39 is 11.5 Å². The molecule has 0 aliphatic heterocycles. The Kier molecular flexibility index (Phi) is 2.99. The lowest BCUT2D eigenvalue weighted by Gasteiger charge is -2.18. The zero-order valence-corrected chi connectivity index (χ0v) is 9.68. The molecule has 4 heteroatoms. The predicted octanol–water partition coefficient (Wildman–Crippen LogP) is 3.22. The molecular weight excluding hydrogens is 233 g/mol. The second kappa shape index (κ2) is 4.46. The van der Waals surface area contributed by atoms with Crippen molar-refractivity contribution in [3.05, 3.63) is 59.5 Å². The van der Waals surface area contributed by atoms with Crippen LogP contribution in [0, 0.1) is 11.3 Å². The molecule has 0 aliphatic carbocycles. The minimum Gasteiger partial charge on any atom is -0.461 e. The highest BCUT2D eigenvalue weighted by Gasteiger charge is 2.37. The summed E-state index contributed by atoms with van der Waals surface area (Å²) in [6.07, 6.45) is 1.32. The average Bonchev–Trinajstić information content (AvgIpc) is 2.91. The molecule has 1 heterocycles. The fourth-order valence-corrected chi connectivity index (χ4v) is 1.63. The van der Waals surface area contributed by atoms with Gasteiger partial charge >= 0.3 is 0 Å².